The summed E-state index contributed by atoms with van der Waals surface area (Å²) in [5.41, 5.74) is 3.33. The van der Waals surface area contributed by atoms with Gasteiger partial charge in [-0.3, -0.25) is 4.79 Å². The van der Waals surface area contributed by atoms with E-state index in [9.17, 15) is 4.79 Å². The topological polar surface area (TPSA) is 20.3 Å². The van der Waals surface area contributed by atoms with Crippen molar-refractivity contribution in [2.45, 2.75) is 32.7 Å². The van der Waals surface area contributed by atoms with E-state index >= 15 is 0 Å². The van der Waals surface area contributed by atoms with Gasteiger partial charge >= 0.3 is 0 Å². The van der Waals surface area contributed by atoms with Crippen LogP contribution in [0.15, 0.2) is 53.4 Å². The smallest absolute Gasteiger partial charge is 0.249 e. The summed E-state index contributed by atoms with van der Waals surface area (Å²) in [5.74, 6) is 0.160. The van der Waals surface area contributed by atoms with E-state index in [0.717, 1.165) is 25.0 Å². The summed E-state index contributed by atoms with van der Waals surface area (Å²) in [6.45, 7) is 4.79. The van der Waals surface area contributed by atoms with Crippen molar-refractivity contribution in [3.63, 3.8) is 0 Å². The molecule has 1 amide bonds. The summed E-state index contributed by atoms with van der Waals surface area (Å²) < 4.78 is 0. The number of fused-ring (bicyclic) bond motifs is 1. The first kappa shape index (κ1) is 15.0. The summed E-state index contributed by atoms with van der Waals surface area (Å²) in [5, 5.41) is 2.14. The highest BCUT2D eigenvalue weighted by molar-refractivity contribution is 7.10. The first-order valence-corrected chi connectivity index (χ1v) is 8.69. The van der Waals surface area contributed by atoms with Crippen molar-refractivity contribution in [2.75, 3.05) is 6.54 Å². The molecule has 3 heteroatoms. The molecule has 0 spiro atoms. The molecule has 3 rings (SSSR count). The van der Waals surface area contributed by atoms with Crippen molar-refractivity contribution in [1.29, 1.82) is 0 Å². The molecule has 0 bridgehead atoms. The molecule has 0 aliphatic carbocycles. The van der Waals surface area contributed by atoms with Gasteiger partial charge in [0.2, 0.25) is 5.91 Å². The molecule has 1 aromatic carbocycles. The van der Waals surface area contributed by atoms with E-state index in [1.807, 2.05) is 36.1 Å². The second kappa shape index (κ2) is 6.49. The zero-order valence-electron chi connectivity index (χ0n) is 13.1. The number of hydrogen-bond donors (Lipinski definition) is 0. The fraction of sp³-hybridized carbons (Fsp3) is 0.316. The van der Waals surface area contributed by atoms with Gasteiger partial charge in [0, 0.05) is 17.0 Å². The summed E-state index contributed by atoms with van der Waals surface area (Å²) in [4.78, 5) is 16.3. The number of carbonyl (C=O) groups is 1. The molecule has 1 aliphatic rings. The highest BCUT2D eigenvalue weighted by Gasteiger charge is 2.32. The van der Waals surface area contributed by atoms with Crippen LogP contribution in [0.2, 0.25) is 0 Å². The van der Waals surface area contributed by atoms with Crippen LogP contribution in [0.5, 0.6) is 0 Å². The molecule has 1 atom stereocenters. The maximum absolute atomic E-state index is 12.9. The Labute approximate surface area is 136 Å². The lowest BCUT2D eigenvalue weighted by molar-refractivity contribution is -0.129. The Morgan fingerprint density at radius 2 is 2.09 bits per heavy atom. The van der Waals surface area contributed by atoms with E-state index < -0.39 is 0 Å². The predicted octanol–water partition coefficient (Wildman–Crippen LogP) is 4.58. The van der Waals surface area contributed by atoms with Gasteiger partial charge in [-0.2, -0.15) is 0 Å². The van der Waals surface area contributed by atoms with Crippen molar-refractivity contribution in [3.8, 4) is 0 Å². The Balaban J connectivity index is 2.03. The second-order valence-electron chi connectivity index (χ2n) is 5.66. The first-order chi connectivity index (χ1) is 10.7. The maximum Gasteiger partial charge on any atom is 0.249 e. The Kier molecular flexibility index (Phi) is 4.44. The quantitative estimate of drug-likeness (QED) is 0.760. The fourth-order valence-electron chi connectivity index (χ4n) is 3.15. The molecule has 1 aromatic heterocycles. The summed E-state index contributed by atoms with van der Waals surface area (Å²) >= 11 is 1.80. The Morgan fingerprint density at radius 3 is 2.82 bits per heavy atom. The average molecular weight is 311 g/mol. The molecule has 1 unspecified atom stereocenters. The number of amides is 1. The number of thiophene rings is 1. The number of carbonyl (C=O) groups excluding carboxylic acids is 1. The third-order valence-electron chi connectivity index (χ3n) is 4.19. The monoisotopic (exact) mass is 311 g/mol. The highest BCUT2D eigenvalue weighted by atomic mass is 32.1. The number of rotatable bonds is 3. The van der Waals surface area contributed by atoms with Crippen molar-refractivity contribution in [2.24, 2.45) is 0 Å². The van der Waals surface area contributed by atoms with Gasteiger partial charge in [0.1, 0.15) is 0 Å². The lowest BCUT2D eigenvalue weighted by Crippen LogP contribution is -2.40. The van der Waals surface area contributed by atoms with Crippen molar-refractivity contribution >= 4 is 17.2 Å². The molecule has 2 heterocycles. The van der Waals surface area contributed by atoms with Crippen LogP contribution in [0.1, 0.15) is 42.3 Å². The van der Waals surface area contributed by atoms with Gasteiger partial charge in [0.15, 0.2) is 0 Å². The summed E-state index contributed by atoms with van der Waals surface area (Å²) in [7, 11) is 0. The molecule has 0 radical (unpaired) electrons. The van der Waals surface area contributed by atoms with Gasteiger partial charge < -0.3 is 4.90 Å². The standard InChI is InChI=1S/C19H21NOS/c1-3-7-14(2)19(21)20-12-10-17-16(11-13-22-17)18(20)15-8-5-4-6-9-15/h4-9,11,13,18H,3,10,12H2,1-2H3. The van der Waals surface area contributed by atoms with Crippen molar-refractivity contribution in [3.05, 3.63) is 69.4 Å². The molecule has 114 valence electrons. The number of nitrogens with zero attached hydrogens (tertiary/aromatic N) is 1. The largest absolute Gasteiger partial charge is 0.327 e. The lowest BCUT2D eigenvalue weighted by Gasteiger charge is -2.36. The van der Waals surface area contributed by atoms with Gasteiger partial charge in [0.05, 0.1) is 6.04 Å². The normalized spacial score (nSPS) is 18.2. The van der Waals surface area contributed by atoms with E-state index in [1.54, 1.807) is 11.3 Å². The first-order valence-electron chi connectivity index (χ1n) is 7.81. The van der Waals surface area contributed by atoms with Crippen LogP contribution in [-0.2, 0) is 11.2 Å². The summed E-state index contributed by atoms with van der Waals surface area (Å²) in [6.07, 6.45) is 3.88. The average Bonchev–Trinajstić information content (AvgIpc) is 3.02. The molecule has 1 aliphatic heterocycles. The molecule has 22 heavy (non-hydrogen) atoms. The number of allylic oxidation sites excluding steroid dienone is 1. The highest BCUT2D eigenvalue weighted by Crippen LogP contribution is 2.38. The number of hydrogen-bond acceptors (Lipinski definition) is 2. The van der Waals surface area contributed by atoms with Crippen LogP contribution < -0.4 is 0 Å². The maximum atomic E-state index is 12.9. The van der Waals surface area contributed by atoms with Crippen molar-refractivity contribution < 1.29 is 4.79 Å². The summed E-state index contributed by atoms with van der Waals surface area (Å²) in [6, 6.07) is 12.6. The number of benzene rings is 1. The van der Waals surface area contributed by atoms with Gasteiger partial charge in [-0.25, -0.2) is 0 Å². The molecule has 0 N–H and O–H groups in total. The molecule has 0 saturated heterocycles. The van der Waals surface area contributed by atoms with Gasteiger partial charge in [-0.1, -0.05) is 43.3 Å². The molecular weight excluding hydrogens is 290 g/mol. The van der Waals surface area contributed by atoms with E-state index in [1.165, 1.54) is 16.0 Å². The molecule has 0 saturated carbocycles. The Morgan fingerprint density at radius 1 is 1.32 bits per heavy atom. The van der Waals surface area contributed by atoms with Crippen LogP contribution in [0, 0.1) is 0 Å². The Hall–Kier alpha value is -1.87. The minimum atomic E-state index is 0.0453. The zero-order valence-corrected chi connectivity index (χ0v) is 13.9. The van der Waals surface area contributed by atoms with E-state index in [4.69, 9.17) is 0 Å². The minimum absolute atomic E-state index is 0.0453. The Bertz CT molecular complexity index is 686. The van der Waals surface area contributed by atoms with Crippen LogP contribution >= 0.6 is 11.3 Å². The molecule has 2 aromatic rings. The van der Waals surface area contributed by atoms with E-state index in [0.29, 0.717) is 0 Å². The van der Waals surface area contributed by atoms with Crippen LogP contribution in [-0.4, -0.2) is 17.4 Å². The van der Waals surface area contributed by atoms with Crippen molar-refractivity contribution in [1.82, 2.24) is 4.90 Å². The minimum Gasteiger partial charge on any atom is -0.327 e. The third-order valence-corrected chi connectivity index (χ3v) is 5.19. The lowest BCUT2D eigenvalue weighted by atomic mass is 9.92. The van der Waals surface area contributed by atoms with E-state index in [-0.39, 0.29) is 11.9 Å². The fourth-order valence-corrected chi connectivity index (χ4v) is 4.05. The predicted molar refractivity (Wildman–Crippen MR) is 92.1 cm³/mol. The van der Waals surface area contributed by atoms with Crippen LogP contribution in [0.4, 0.5) is 0 Å². The SMILES string of the molecule is CCC=C(C)C(=O)N1CCc2sccc2C1c1ccccc1. The zero-order chi connectivity index (χ0) is 15.5. The van der Waals surface area contributed by atoms with E-state index in [2.05, 4.69) is 30.5 Å². The van der Waals surface area contributed by atoms with Gasteiger partial charge in [-0.05, 0) is 42.3 Å². The van der Waals surface area contributed by atoms with Crippen LogP contribution in [0.25, 0.3) is 0 Å². The second-order valence-corrected chi connectivity index (χ2v) is 6.66. The van der Waals surface area contributed by atoms with Crippen LogP contribution in [0.3, 0.4) is 0 Å². The third kappa shape index (κ3) is 2.73. The molecular formula is C19H21NOS. The molecule has 2 nitrogen and oxygen atoms in total. The molecule has 0 fully saturated rings. The van der Waals surface area contributed by atoms with Gasteiger partial charge in [0.25, 0.3) is 0 Å². The van der Waals surface area contributed by atoms with Gasteiger partial charge in [-0.15, -0.1) is 11.3 Å².